The molecule has 0 aromatic heterocycles. The van der Waals surface area contributed by atoms with Gasteiger partial charge in [0.1, 0.15) is 5.75 Å². The minimum absolute atomic E-state index is 0.0835. The minimum Gasteiger partial charge on any atom is -0.482 e. The summed E-state index contributed by atoms with van der Waals surface area (Å²) in [4.78, 5) is 47.5. The molecule has 2 rings (SSSR count). The topological polar surface area (TPSA) is 111 Å². The summed E-state index contributed by atoms with van der Waals surface area (Å²) >= 11 is 0. The Labute approximate surface area is 168 Å². The quantitative estimate of drug-likeness (QED) is 0.522. The Kier molecular flexibility index (Phi) is 7.90. The van der Waals surface area contributed by atoms with Gasteiger partial charge in [-0.15, -0.1) is 0 Å². The number of benzene rings is 2. The first-order chi connectivity index (χ1) is 13.9. The summed E-state index contributed by atoms with van der Waals surface area (Å²) in [6.07, 6.45) is -1.31. The average Bonchev–Trinajstić information content (AvgIpc) is 2.71. The van der Waals surface area contributed by atoms with Gasteiger partial charge in [0, 0.05) is 17.7 Å². The zero-order valence-electron chi connectivity index (χ0n) is 16.1. The Morgan fingerprint density at radius 1 is 0.966 bits per heavy atom. The fourth-order valence-corrected chi connectivity index (χ4v) is 2.38. The van der Waals surface area contributed by atoms with E-state index >= 15 is 0 Å². The number of urea groups is 1. The molecule has 2 N–H and O–H groups in total. The van der Waals surface area contributed by atoms with Crippen LogP contribution in [0.1, 0.15) is 35.9 Å². The largest absolute Gasteiger partial charge is 0.482 e. The Hall–Kier alpha value is -3.68. The lowest BCUT2D eigenvalue weighted by molar-refractivity contribution is -0.158. The van der Waals surface area contributed by atoms with Crippen LogP contribution in [-0.2, 0) is 14.3 Å². The molecule has 0 fully saturated rings. The monoisotopic (exact) mass is 398 g/mol. The van der Waals surface area contributed by atoms with Crippen LogP contribution in [0.5, 0.6) is 5.75 Å². The molecular weight excluding hydrogens is 376 g/mol. The second kappa shape index (κ2) is 10.6. The van der Waals surface area contributed by atoms with E-state index in [0.717, 1.165) is 0 Å². The summed E-state index contributed by atoms with van der Waals surface area (Å²) in [7, 11) is 0. The first kappa shape index (κ1) is 21.6. The van der Waals surface area contributed by atoms with Gasteiger partial charge < -0.3 is 14.8 Å². The number of imide groups is 1. The van der Waals surface area contributed by atoms with Gasteiger partial charge in [0.05, 0.1) is 0 Å². The molecular formula is C21H22N2O6. The Morgan fingerprint density at radius 2 is 1.62 bits per heavy atom. The van der Waals surface area contributed by atoms with Crippen LogP contribution in [0.2, 0.25) is 0 Å². The Balaban J connectivity index is 2.01. The van der Waals surface area contributed by atoms with Crippen LogP contribution in [0, 0.1) is 0 Å². The molecule has 0 aliphatic carbocycles. The fraction of sp³-hybridized carbons (Fsp3) is 0.238. The highest BCUT2D eigenvalue weighted by Gasteiger charge is 2.26. The third-order valence-electron chi connectivity index (χ3n) is 3.78. The molecule has 0 spiro atoms. The lowest BCUT2D eigenvalue weighted by Crippen LogP contribution is -2.42. The first-order valence-electron chi connectivity index (χ1n) is 8.97. The lowest BCUT2D eigenvalue weighted by Gasteiger charge is -2.18. The van der Waals surface area contributed by atoms with Crippen LogP contribution in [-0.4, -0.2) is 36.8 Å². The third-order valence-corrected chi connectivity index (χ3v) is 3.78. The summed E-state index contributed by atoms with van der Waals surface area (Å²) in [6, 6.07) is 13.9. The number of carbonyl (C=O) groups excluding carboxylic acids is 4. The van der Waals surface area contributed by atoms with Crippen LogP contribution >= 0.6 is 0 Å². The number of carbonyl (C=O) groups is 4. The van der Waals surface area contributed by atoms with E-state index in [9.17, 15) is 19.2 Å². The zero-order chi connectivity index (χ0) is 21.2. The van der Waals surface area contributed by atoms with E-state index in [0.29, 0.717) is 23.4 Å². The SMILES string of the molecule is CCNC(=O)NC(=O)[C@@H](OC(=O)COc1ccc(C(C)=O)cc1)c1ccccc1. The van der Waals surface area contributed by atoms with Crippen molar-refractivity contribution in [3.05, 3.63) is 65.7 Å². The second-order valence-electron chi connectivity index (χ2n) is 6.00. The number of ether oxygens (including phenoxy) is 2. The first-order valence-corrected chi connectivity index (χ1v) is 8.97. The van der Waals surface area contributed by atoms with Gasteiger partial charge in [-0.3, -0.25) is 14.9 Å². The number of nitrogens with one attached hydrogen (secondary N) is 2. The Morgan fingerprint density at radius 3 is 2.21 bits per heavy atom. The zero-order valence-corrected chi connectivity index (χ0v) is 16.1. The summed E-state index contributed by atoms with van der Waals surface area (Å²) in [5.41, 5.74) is 0.930. The van der Waals surface area contributed by atoms with Crippen LogP contribution in [0.25, 0.3) is 0 Å². The fourth-order valence-electron chi connectivity index (χ4n) is 2.38. The van der Waals surface area contributed by atoms with Gasteiger partial charge in [-0.2, -0.15) is 0 Å². The summed E-state index contributed by atoms with van der Waals surface area (Å²) in [6.45, 7) is 3.05. The lowest BCUT2D eigenvalue weighted by atomic mass is 10.1. The summed E-state index contributed by atoms with van der Waals surface area (Å²) < 4.78 is 10.6. The predicted molar refractivity (Wildman–Crippen MR) is 104 cm³/mol. The van der Waals surface area contributed by atoms with Crippen molar-refractivity contribution in [3.8, 4) is 5.75 Å². The number of hydrogen-bond donors (Lipinski definition) is 2. The van der Waals surface area contributed by atoms with Gasteiger partial charge in [0.15, 0.2) is 12.4 Å². The van der Waals surface area contributed by atoms with E-state index in [1.165, 1.54) is 6.92 Å². The maximum atomic E-state index is 12.4. The van der Waals surface area contributed by atoms with E-state index in [1.807, 2.05) is 0 Å². The average molecular weight is 398 g/mol. The summed E-state index contributed by atoms with van der Waals surface area (Å²) in [5.74, 6) is -1.28. The van der Waals surface area contributed by atoms with Crippen molar-refractivity contribution in [1.82, 2.24) is 10.6 Å². The molecule has 2 aromatic rings. The highest BCUT2D eigenvalue weighted by molar-refractivity contribution is 5.97. The molecule has 152 valence electrons. The normalized spacial score (nSPS) is 11.1. The number of rotatable bonds is 8. The smallest absolute Gasteiger partial charge is 0.345 e. The molecule has 0 bridgehead atoms. The second-order valence-corrected chi connectivity index (χ2v) is 6.00. The van der Waals surface area contributed by atoms with Crippen molar-refractivity contribution in [1.29, 1.82) is 0 Å². The predicted octanol–water partition coefficient (Wildman–Crippen LogP) is 2.40. The van der Waals surface area contributed by atoms with E-state index in [2.05, 4.69) is 10.6 Å². The van der Waals surface area contributed by atoms with Gasteiger partial charge in [0.2, 0.25) is 6.10 Å². The van der Waals surface area contributed by atoms with Crippen LogP contribution in [0.4, 0.5) is 4.79 Å². The molecule has 0 saturated carbocycles. The van der Waals surface area contributed by atoms with Gasteiger partial charge in [-0.25, -0.2) is 9.59 Å². The van der Waals surface area contributed by atoms with Gasteiger partial charge in [0.25, 0.3) is 5.91 Å². The molecule has 3 amide bonds. The van der Waals surface area contributed by atoms with Crippen molar-refractivity contribution in [2.45, 2.75) is 20.0 Å². The molecule has 0 unspecified atom stereocenters. The summed E-state index contributed by atoms with van der Waals surface area (Å²) in [5, 5.41) is 4.57. The molecule has 29 heavy (non-hydrogen) atoms. The molecule has 0 radical (unpaired) electrons. The number of hydrogen-bond acceptors (Lipinski definition) is 6. The van der Waals surface area contributed by atoms with Gasteiger partial charge in [-0.1, -0.05) is 30.3 Å². The molecule has 0 aliphatic heterocycles. The van der Waals surface area contributed by atoms with E-state index in [1.54, 1.807) is 61.5 Å². The maximum Gasteiger partial charge on any atom is 0.345 e. The van der Waals surface area contributed by atoms with Crippen molar-refractivity contribution in [2.24, 2.45) is 0 Å². The molecule has 0 heterocycles. The van der Waals surface area contributed by atoms with Crippen molar-refractivity contribution in [2.75, 3.05) is 13.2 Å². The molecule has 0 saturated heterocycles. The molecule has 8 heteroatoms. The highest BCUT2D eigenvalue weighted by Crippen LogP contribution is 2.18. The number of esters is 1. The van der Waals surface area contributed by atoms with E-state index < -0.39 is 30.6 Å². The van der Waals surface area contributed by atoms with Crippen LogP contribution in [0.3, 0.4) is 0 Å². The minimum atomic E-state index is -1.31. The molecule has 1 atom stereocenters. The van der Waals surface area contributed by atoms with Crippen molar-refractivity contribution in [3.63, 3.8) is 0 Å². The molecule has 8 nitrogen and oxygen atoms in total. The highest BCUT2D eigenvalue weighted by atomic mass is 16.6. The standard InChI is InChI=1S/C21H22N2O6/c1-3-22-21(27)23-20(26)19(16-7-5-4-6-8-16)29-18(25)13-28-17-11-9-15(10-12-17)14(2)24/h4-12,19H,3,13H2,1-2H3,(H2,22,23,26,27)/t19-/m0/s1. The third kappa shape index (κ3) is 6.76. The maximum absolute atomic E-state index is 12.4. The van der Waals surface area contributed by atoms with Crippen LogP contribution < -0.4 is 15.4 Å². The Bertz CT molecular complexity index is 864. The molecule has 2 aromatic carbocycles. The van der Waals surface area contributed by atoms with E-state index in [4.69, 9.17) is 9.47 Å². The van der Waals surface area contributed by atoms with Crippen LogP contribution in [0.15, 0.2) is 54.6 Å². The van der Waals surface area contributed by atoms with E-state index in [-0.39, 0.29) is 5.78 Å². The van der Waals surface area contributed by atoms with Gasteiger partial charge in [-0.05, 0) is 38.1 Å². The van der Waals surface area contributed by atoms with Crippen molar-refractivity contribution < 1.29 is 28.7 Å². The van der Waals surface area contributed by atoms with Crippen molar-refractivity contribution >= 4 is 23.7 Å². The van der Waals surface area contributed by atoms with Gasteiger partial charge >= 0.3 is 12.0 Å². The number of Topliss-reactive ketones (excluding diaryl/α,β-unsaturated/α-hetero) is 1. The molecule has 0 aliphatic rings. The number of amides is 3. The number of ketones is 1.